The van der Waals surface area contributed by atoms with Crippen molar-refractivity contribution < 1.29 is 5.11 Å². The Balaban J connectivity index is 2.08. The molecule has 0 spiro atoms. The summed E-state index contributed by atoms with van der Waals surface area (Å²) in [5.74, 6) is 5.61. The number of nitrogens with two attached hydrogens (primary N) is 2. The third-order valence-corrected chi connectivity index (χ3v) is 4.43. The van der Waals surface area contributed by atoms with Crippen molar-refractivity contribution in [3.8, 4) is 0 Å². The third kappa shape index (κ3) is 2.03. The van der Waals surface area contributed by atoms with Gasteiger partial charge in [0, 0.05) is 28.0 Å². The van der Waals surface area contributed by atoms with Crippen LogP contribution in [0.5, 0.6) is 0 Å². The van der Waals surface area contributed by atoms with E-state index in [0.717, 1.165) is 21.8 Å². The Morgan fingerprint density at radius 3 is 2.65 bits per heavy atom. The minimum atomic E-state index is -0.106. The van der Waals surface area contributed by atoms with Crippen molar-refractivity contribution >= 4 is 28.4 Å². The molecule has 0 fully saturated rings. The second-order valence-corrected chi connectivity index (χ2v) is 5.53. The Morgan fingerprint density at radius 1 is 1.25 bits per heavy atom. The predicted octanol–water partition coefficient (Wildman–Crippen LogP) is 1.65. The minimum absolute atomic E-state index is 0.0340. The molecule has 104 valence electrons. The highest BCUT2D eigenvalue weighted by Gasteiger charge is 2.28. The minimum Gasteiger partial charge on any atom is -0.399 e. The maximum Gasteiger partial charge on any atom is 0.0916 e. The van der Waals surface area contributed by atoms with Gasteiger partial charge in [-0.1, -0.05) is 0 Å². The first kappa shape index (κ1) is 13.0. The number of aliphatic hydroxyl groups excluding tert-OH is 1. The molecular formula is C14H16N4OS. The van der Waals surface area contributed by atoms with Crippen molar-refractivity contribution in [3.05, 3.63) is 52.4 Å². The number of fused-ring (bicyclic) bond motifs is 1. The fourth-order valence-electron chi connectivity index (χ4n) is 2.41. The summed E-state index contributed by atoms with van der Waals surface area (Å²) in [5.41, 5.74) is 12.0. The molecule has 1 unspecified atom stereocenters. The fraction of sp³-hybridized carbons (Fsp3) is 0.143. The Hall–Kier alpha value is -2.02. The van der Waals surface area contributed by atoms with Gasteiger partial charge in [-0.3, -0.25) is 5.84 Å². The Labute approximate surface area is 121 Å². The molecule has 2 aromatic rings. The van der Waals surface area contributed by atoms with E-state index in [9.17, 15) is 5.11 Å². The lowest BCUT2D eigenvalue weighted by atomic mass is 10.0. The molecule has 0 aliphatic carbocycles. The standard InChI is InChI=1S/C14H16N4OS/c15-9-1-3-10(4-2-9)18-7-12(17-16)11-5-6-20-14(11)13(18)8-19/h1-7,13,17,19H,8,15-16H2. The highest BCUT2D eigenvalue weighted by atomic mass is 32.1. The van der Waals surface area contributed by atoms with E-state index >= 15 is 0 Å². The van der Waals surface area contributed by atoms with E-state index < -0.39 is 0 Å². The molecule has 1 atom stereocenters. The Morgan fingerprint density at radius 2 is 2.00 bits per heavy atom. The van der Waals surface area contributed by atoms with E-state index in [1.54, 1.807) is 11.3 Å². The molecule has 1 aromatic carbocycles. The van der Waals surface area contributed by atoms with Gasteiger partial charge < -0.3 is 21.2 Å². The SMILES string of the molecule is NNC1=CN(c2ccc(N)cc2)C(CO)c2sccc21. The van der Waals surface area contributed by atoms with Gasteiger partial charge in [0.05, 0.1) is 18.3 Å². The van der Waals surface area contributed by atoms with E-state index in [4.69, 9.17) is 11.6 Å². The van der Waals surface area contributed by atoms with Gasteiger partial charge in [-0.2, -0.15) is 0 Å². The molecule has 5 nitrogen and oxygen atoms in total. The number of nitrogens with one attached hydrogen (secondary N) is 1. The zero-order valence-corrected chi connectivity index (χ0v) is 11.6. The van der Waals surface area contributed by atoms with Gasteiger partial charge in [0.15, 0.2) is 0 Å². The number of hydrazine groups is 1. The highest BCUT2D eigenvalue weighted by Crippen LogP contribution is 2.39. The first-order valence-corrected chi connectivity index (χ1v) is 7.13. The van der Waals surface area contributed by atoms with Crippen molar-refractivity contribution in [3.63, 3.8) is 0 Å². The van der Waals surface area contributed by atoms with Crippen LogP contribution in [0.25, 0.3) is 5.70 Å². The number of nitrogens with zero attached hydrogens (tertiary/aromatic N) is 1. The van der Waals surface area contributed by atoms with Gasteiger partial charge in [0.25, 0.3) is 0 Å². The number of hydrogen-bond acceptors (Lipinski definition) is 6. The number of hydrogen-bond donors (Lipinski definition) is 4. The summed E-state index contributed by atoms with van der Waals surface area (Å²) in [6.45, 7) is 0.0340. The van der Waals surface area contributed by atoms with Crippen LogP contribution >= 0.6 is 11.3 Å². The van der Waals surface area contributed by atoms with E-state index in [2.05, 4.69) is 5.43 Å². The van der Waals surface area contributed by atoms with Gasteiger partial charge >= 0.3 is 0 Å². The Kier molecular flexibility index (Phi) is 3.35. The molecule has 0 radical (unpaired) electrons. The van der Waals surface area contributed by atoms with Crippen LogP contribution in [0.4, 0.5) is 11.4 Å². The average molecular weight is 288 g/mol. The largest absolute Gasteiger partial charge is 0.399 e. The lowest BCUT2D eigenvalue weighted by Gasteiger charge is -2.34. The van der Waals surface area contributed by atoms with E-state index in [1.807, 2.05) is 46.8 Å². The summed E-state index contributed by atoms with van der Waals surface area (Å²) in [5, 5.41) is 11.8. The highest BCUT2D eigenvalue weighted by molar-refractivity contribution is 7.10. The van der Waals surface area contributed by atoms with Gasteiger partial charge in [-0.15, -0.1) is 11.3 Å². The summed E-state index contributed by atoms with van der Waals surface area (Å²) in [6, 6.07) is 9.46. The molecule has 1 aliphatic rings. The maximum absolute atomic E-state index is 9.76. The number of nitrogen functional groups attached to an aromatic ring is 1. The molecule has 0 saturated heterocycles. The zero-order valence-electron chi connectivity index (χ0n) is 10.8. The molecule has 0 bridgehead atoms. The normalized spacial score (nSPS) is 17.6. The molecule has 0 saturated carbocycles. The number of anilines is 2. The smallest absolute Gasteiger partial charge is 0.0916 e. The van der Waals surface area contributed by atoms with Crippen LogP contribution < -0.4 is 21.9 Å². The molecule has 1 aliphatic heterocycles. The zero-order chi connectivity index (χ0) is 14.1. The van der Waals surface area contributed by atoms with Crippen LogP contribution in [0.1, 0.15) is 16.5 Å². The maximum atomic E-state index is 9.76. The van der Waals surface area contributed by atoms with Gasteiger partial charge in [0.2, 0.25) is 0 Å². The quantitative estimate of drug-likeness (QED) is 0.392. The lowest BCUT2D eigenvalue weighted by molar-refractivity contribution is 0.267. The summed E-state index contributed by atoms with van der Waals surface area (Å²) in [7, 11) is 0. The van der Waals surface area contributed by atoms with Gasteiger partial charge in [-0.05, 0) is 35.7 Å². The van der Waals surface area contributed by atoms with Crippen LogP contribution in [0.3, 0.4) is 0 Å². The van der Waals surface area contributed by atoms with Crippen LogP contribution in [-0.4, -0.2) is 11.7 Å². The molecule has 3 rings (SSSR count). The molecule has 0 amide bonds. The summed E-state index contributed by atoms with van der Waals surface area (Å²) in [6.07, 6.45) is 1.92. The molecule has 2 heterocycles. The first-order chi connectivity index (χ1) is 9.74. The van der Waals surface area contributed by atoms with Crippen molar-refractivity contribution in [1.82, 2.24) is 5.43 Å². The number of benzene rings is 1. The second-order valence-electron chi connectivity index (χ2n) is 4.58. The molecule has 6 N–H and O–H groups in total. The third-order valence-electron chi connectivity index (χ3n) is 3.41. The molecule has 1 aromatic heterocycles. The molecular weight excluding hydrogens is 272 g/mol. The van der Waals surface area contributed by atoms with Crippen LogP contribution in [0, 0.1) is 0 Å². The molecule has 6 heteroatoms. The van der Waals surface area contributed by atoms with Gasteiger partial charge in [-0.25, -0.2) is 0 Å². The van der Waals surface area contributed by atoms with Crippen LogP contribution in [0.15, 0.2) is 41.9 Å². The van der Waals surface area contributed by atoms with Crippen LogP contribution in [-0.2, 0) is 0 Å². The van der Waals surface area contributed by atoms with Crippen molar-refractivity contribution in [1.29, 1.82) is 0 Å². The van der Waals surface area contributed by atoms with Crippen LogP contribution in [0.2, 0.25) is 0 Å². The van der Waals surface area contributed by atoms with E-state index in [0.29, 0.717) is 5.69 Å². The molecule has 20 heavy (non-hydrogen) atoms. The average Bonchev–Trinajstić information content (AvgIpc) is 2.95. The summed E-state index contributed by atoms with van der Waals surface area (Å²) >= 11 is 1.62. The lowest BCUT2D eigenvalue weighted by Crippen LogP contribution is -2.33. The Bertz CT molecular complexity index is 635. The first-order valence-electron chi connectivity index (χ1n) is 6.25. The summed E-state index contributed by atoms with van der Waals surface area (Å²) in [4.78, 5) is 3.10. The van der Waals surface area contributed by atoms with Crippen molar-refractivity contribution in [2.24, 2.45) is 5.84 Å². The number of thiophene rings is 1. The second kappa shape index (κ2) is 5.16. The van der Waals surface area contributed by atoms with Gasteiger partial charge in [0.1, 0.15) is 0 Å². The monoisotopic (exact) mass is 288 g/mol. The number of rotatable bonds is 3. The van der Waals surface area contributed by atoms with Crippen molar-refractivity contribution in [2.45, 2.75) is 6.04 Å². The predicted molar refractivity (Wildman–Crippen MR) is 82.8 cm³/mol. The summed E-state index contributed by atoms with van der Waals surface area (Å²) < 4.78 is 0. The van der Waals surface area contributed by atoms with E-state index in [-0.39, 0.29) is 12.6 Å². The number of aliphatic hydroxyl groups is 1. The fourth-order valence-corrected chi connectivity index (χ4v) is 3.41. The van der Waals surface area contributed by atoms with E-state index in [1.165, 1.54) is 0 Å². The van der Waals surface area contributed by atoms with Crippen molar-refractivity contribution in [2.75, 3.05) is 17.2 Å². The topological polar surface area (TPSA) is 87.5 Å².